The van der Waals surface area contributed by atoms with E-state index in [0.717, 1.165) is 10.5 Å². The maximum atomic E-state index is 12.6. The molecular formula is C19H16F6O2S. The van der Waals surface area contributed by atoms with Crippen molar-refractivity contribution in [1.29, 1.82) is 0 Å². The van der Waals surface area contributed by atoms with Crippen LogP contribution in [0, 0.1) is 6.92 Å². The van der Waals surface area contributed by atoms with Crippen LogP contribution in [0.25, 0.3) is 0 Å². The fraction of sp³-hybridized carbons (Fsp3) is 0.316. The number of carbonyl (C=O) groups excluding carboxylic acids is 1. The predicted molar refractivity (Wildman–Crippen MR) is 92.8 cm³/mol. The molecule has 2 nitrogen and oxygen atoms in total. The van der Waals surface area contributed by atoms with Gasteiger partial charge in [-0.05, 0) is 24.1 Å². The Morgan fingerprint density at radius 1 is 0.929 bits per heavy atom. The maximum Gasteiger partial charge on any atom is 0.434 e. The van der Waals surface area contributed by atoms with Gasteiger partial charge in [-0.2, -0.15) is 26.3 Å². The van der Waals surface area contributed by atoms with Crippen molar-refractivity contribution >= 4 is 17.7 Å². The van der Waals surface area contributed by atoms with Gasteiger partial charge >= 0.3 is 18.3 Å². The fourth-order valence-corrected chi connectivity index (χ4v) is 3.62. The number of aryl methyl sites for hydroxylation is 1. The molecule has 0 aliphatic carbocycles. The van der Waals surface area contributed by atoms with Crippen LogP contribution in [0.1, 0.15) is 22.8 Å². The second-order valence-electron chi connectivity index (χ2n) is 5.94. The average Bonchev–Trinajstić information content (AvgIpc) is 2.60. The molecule has 1 atom stereocenters. The summed E-state index contributed by atoms with van der Waals surface area (Å²) in [5, 5.41) is -0.711. The van der Waals surface area contributed by atoms with E-state index in [1.807, 2.05) is 13.0 Å². The molecule has 0 bridgehead atoms. The van der Waals surface area contributed by atoms with Crippen LogP contribution in [0.3, 0.4) is 0 Å². The number of halogens is 6. The third-order valence-electron chi connectivity index (χ3n) is 3.73. The molecule has 0 fully saturated rings. The third kappa shape index (κ3) is 6.19. The lowest BCUT2D eigenvalue weighted by atomic mass is 10.1. The SMILES string of the molecule is Cc1ccccc1S[C@@H](CC(=O)OC(C(F)(F)F)C(F)(F)F)c1ccccc1. The first-order valence-corrected chi connectivity index (χ1v) is 8.96. The molecule has 0 N–H and O–H groups in total. The van der Waals surface area contributed by atoms with Crippen molar-refractivity contribution in [3.8, 4) is 0 Å². The molecular weight excluding hydrogens is 406 g/mol. The van der Waals surface area contributed by atoms with E-state index in [-0.39, 0.29) is 0 Å². The Balaban J connectivity index is 2.22. The number of alkyl halides is 6. The highest BCUT2D eigenvalue weighted by molar-refractivity contribution is 7.99. The van der Waals surface area contributed by atoms with Crippen LogP contribution in [0.4, 0.5) is 26.3 Å². The molecule has 152 valence electrons. The minimum Gasteiger partial charge on any atom is -0.443 e. The van der Waals surface area contributed by atoms with Crippen LogP contribution in [-0.2, 0) is 9.53 Å². The minimum absolute atomic E-state index is 0.586. The number of thioether (sulfide) groups is 1. The van der Waals surface area contributed by atoms with E-state index in [0.29, 0.717) is 5.56 Å². The van der Waals surface area contributed by atoms with E-state index in [1.54, 1.807) is 48.5 Å². The number of hydrogen-bond donors (Lipinski definition) is 0. The zero-order chi connectivity index (χ0) is 20.9. The summed E-state index contributed by atoms with van der Waals surface area (Å²) in [5.41, 5.74) is 1.45. The van der Waals surface area contributed by atoms with Gasteiger partial charge in [-0.3, -0.25) is 4.79 Å². The van der Waals surface area contributed by atoms with Crippen molar-refractivity contribution in [2.75, 3.05) is 0 Å². The second kappa shape index (κ2) is 8.89. The summed E-state index contributed by atoms with van der Waals surface area (Å²) in [5.74, 6) is -1.57. The van der Waals surface area contributed by atoms with Gasteiger partial charge in [-0.15, -0.1) is 11.8 Å². The second-order valence-corrected chi connectivity index (χ2v) is 7.18. The number of carbonyl (C=O) groups is 1. The normalized spacial score (nSPS) is 13.4. The molecule has 9 heteroatoms. The van der Waals surface area contributed by atoms with Crippen LogP contribution in [0.15, 0.2) is 59.5 Å². The van der Waals surface area contributed by atoms with Gasteiger partial charge in [0.1, 0.15) is 0 Å². The molecule has 0 radical (unpaired) electrons. The van der Waals surface area contributed by atoms with Crippen molar-refractivity contribution in [1.82, 2.24) is 0 Å². The lowest BCUT2D eigenvalue weighted by Gasteiger charge is -2.24. The molecule has 28 heavy (non-hydrogen) atoms. The summed E-state index contributed by atoms with van der Waals surface area (Å²) >= 11 is 1.18. The van der Waals surface area contributed by atoms with Crippen molar-refractivity contribution in [2.24, 2.45) is 0 Å². The topological polar surface area (TPSA) is 26.3 Å². The van der Waals surface area contributed by atoms with Gasteiger partial charge in [0, 0.05) is 10.1 Å². The largest absolute Gasteiger partial charge is 0.443 e. The van der Waals surface area contributed by atoms with Gasteiger partial charge in [0.2, 0.25) is 0 Å². The number of benzene rings is 2. The quantitative estimate of drug-likeness (QED) is 0.313. The summed E-state index contributed by atoms with van der Waals surface area (Å²) in [6, 6.07) is 15.5. The smallest absolute Gasteiger partial charge is 0.434 e. The molecule has 2 aromatic carbocycles. The number of rotatable bonds is 6. The van der Waals surface area contributed by atoms with Gasteiger partial charge in [-0.25, -0.2) is 0 Å². The van der Waals surface area contributed by atoms with Crippen LogP contribution in [-0.4, -0.2) is 24.4 Å². The van der Waals surface area contributed by atoms with Gasteiger partial charge in [0.25, 0.3) is 6.10 Å². The third-order valence-corrected chi connectivity index (χ3v) is 5.17. The molecule has 0 amide bonds. The Hall–Kier alpha value is -2.16. The van der Waals surface area contributed by atoms with E-state index in [1.165, 1.54) is 11.8 Å². The standard InChI is InChI=1S/C19H16F6O2S/c1-12-7-5-6-10-14(12)28-15(13-8-3-2-4-9-13)11-16(26)27-17(18(20,21)22)19(23,24)25/h2-10,15,17H,11H2,1H3/t15-/m0/s1. The van der Waals surface area contributed by atoms with Gasteiger partial charge in [0.15, 0.2) is 0 Å². The highest BCUT2D eigenvalue weighted by Crippen LogP contribution is 2.41. The van der Waals surface area contributed by atoms with Crippen LogP contribution >= 0.6 is 11.8 Å². The lowest BCUT2D eigenvalue weighted by Crippen LogP contribution is -2.45. The first kappa shape index (κ1) is 22.1. The molecule has 0 saturated carbocycles. The Morgan fingerprint density at radius 2 is 1.46 bits per heavy atom. The molecule has 0 heterocycles. The molecule has 2 rings (SSSR count). The van der Waals surface area contributed by atoms with E-state index in [4.69, 9.17) is 0 Å². The summed E-state index contributed by atoms with van der Waals surface area (Å²) < 4.78 is 79.6. The van der Waals surface area contributed by atoms with Crippen molar-refractivity contribution in [3.63, 3.8) is 0 Å². The van der Waals surface area contributed by atoms with E-state index >= 15 is 0 Å². The first-order valence-electron chi connectivity index (χ1n) is 8.08. The summed E-state index contributed by atoms with van der Waals surface area (Å²) in [6.45, 7) is 1.81. The average molecular weight is 422 g/mol. The van der Waals surface area contributed by atoms with Gasteiger partial charge in [-0.1, -0.05) is 48.5 Å². The molecule has 2 aromatic rings. The molecule has 0 unspecified atom stereocenters. The monoisotopic (exact) mass is 422 g/mol. The lowest BCUT2D eigenvalue weighted by molar-refractivity contribution is -0.313. The van der Waals surface area contributed by atoms with Crippen molar-refractivity contribution in [3.05, 3.63) is 65.7 Å². The summed E-state index contributed by atoms with van der Waals surface area (Å²) in [6.07, 6.45) is -16.3. The van der Waals surface area contributed by atoms with E-state index in [9.17, 15) is 31.1 Å². The maximum absolute atomic E-state index is 12.6. The van der Waals surface area contributed by atoms with Crippen molar-refractivity contribution < 1.29 is 35.9 Å². The Kier molecular flexibility index (Phi) is 7.03. The predicted octanol–water partition coefficient (Wildman–Crippen LogP) is 6.25. The summed E-state index contributed by atoms with van der Waals surface area (Å²) in [7, 11) is 0. The number of esters is 1. The zero-order valence-corrected chi connectivity index (χ0v) is 15.4. The molecule has 0 aliphatic heterocycles. The first-order chi connectivity index (χ1) is 13.0. The summed E-state index contributed by atoms with van der Waals surface area (Å²) in [4.78, 5) is 12.7. The molecule has 0 spiro atoms. The van der Waals surface area contributed by atoms with Crippen molar-refractivity contribution in [2.45, 2.75) is 41.9 Å². The Bertz CT molecular complexity index is 775. The van der Waals surface area contributed by atoms with Crippen LogP contribution in [0.5, 0.6) is 0 Å². The zero-order valence-electron chi connectivity index (χ0n) is 14.6. The highest BCUT2D eigenvalue weighted by Gasteiger charge is 2.59. The number of hydrogen-bond acceptors (Lipinski definition) is 3. The highest BCUT2D eigenvalue weighted by atomic mass is 32.2. The molecule has 0 aromatic heterocycles. The molecule has 0 saturated heterocycles. The fourth-order valence-electron chi connectivity index (χ4n) is 2.39. The van der Waals surface area contributed by atoms with Crippen LogP contribution < -0.4 is 0 Å². The Morgan fingerprint density at radius 3 is 2.00 bits per heavy atom. The molecule has 0 aliphatic rings. The van der Waals surface area contributed by atoms with Crippen LogP contribution in [0.2, 0.25) is 0 Å². The minimum atomic E-state index is -5.74. The van der Waals surface area contributed by atoms with E-state index < -0.39 is 36.1 Å². The Labute approximate surface area is 161 Å². The van der Waals surface area contributed by atoms with Gasteiger partial charge < -0.3 is 4.74 Å². The van der Waals surface area contributed by atoms with E-state index in [2.05, 4.69) is 4.74 Å². The number of ether oxygens (including phenoxy) is 1. The van der Waals surface area contributed by atoms with Gasteiger partial charge in [0.05, 0.1) is 6.42 Å².